The predicted molar refractivity (Wildman–Crippen MR) is 170 cm³/mol. The van der Waals surface area contributed by atoms with E-state index in [0.717, 1.165) is 11.6 Å². The average Bonchev–Trinajstić information content (AvgIpc) is 3.38. The van der Waals surface area contributed by atoms with E-state index in [-0.39, 0.29) is 61.7 Å². The Morgan fingerprint density at radius 2 is 1.84 bits per heavy atom. The van der Waals surface area contributed by atoms with Crippen molar-refractivity contribution in [2.75, 3.05) is 32.8 Å². The second-order valence-corrected chi connectivity index (χ2v) is 19.1. The van der Waals surface area contributed by atoms with E-state index in [1.165, 1.54) is 21.9 Å². The smallest absolute Gasteiger partial charge is 0.407 e. The molecule has 0 radical (unpaired) electrons. The maximum atomic E-state index is 13.8. The molecule has 4 heterocycles. The number of carboxylic acid groups (broad SMARTS) is 1. The number of aliphatic hydroxyl groups is 1. The van der Waals surface area contributed by atoms with Crippen LogP contribution >= 0.6 is 0 Å². The van der Waals surface area contributed by atoms with Gasteiger partial charge < -0.3 is 24.7 Å². The second kappa shape index (κ2) is 13.2. The topological polar surface area (TPSA) is 154 Å². The fraction of sp³-hybridized carbons (Fsp3) is 0.531. The first-order valence-corrected chi connectivity index (χ1v) is 19.2. The van der Waals surface area contributed by atoms with Gasteiger partial charge in [0.15, 0.2) is 0 Å². The molecule has 1 aromatic carbocycles. The number of aromatic nitrogens is 3. The van der Waals surface area contributed by atoms with Gasteiger partial charge >= 0.3 is 6.09 Å². The summed E-state index contributed by atoms with van der Waals surface area (Å²) in [7, 11) is -1.28. The van der Waals surface area contributed by atoms with Crippen LogP contribution in [0.15, 0.2) is 47.5 Å². The summed E-state index contributed by atoms with van der Waals surface area (Å²) in [5, 5.41) is 31.1. The first-order valence-electron chi connectivity index (χ1n) is 15.5. The number of carbonyl (C=O) groups is 2. The van der Waals surface area contributed by atoms with E-state index < -0.39 is 19.8 Å². The summed E-state index contributed by atoms with van der Waals surface area (Å²) in [5.41, 5.74) is 0.0236. The van der Waals surface area contributed by atoms with Crippen molar-refractivity contribution in [3.8, 4) is 6.07 Å². The lowest BCUT2D eigenvalue weighted by molar-refractivity contribution is -0.142. The van der Waals surface area contributed by atoms with Crippen LogP contribution in [0.2, 0.25) is 25.7 Å². The van der Waals surface area contributed by atoms with Gasteiger partial charge in [-0.05, 0) is 36.9 Å². The Bertz CT molecular complexity index is 1630. The molecule has 2 saturated heterocycles. The SMILES string of the molecule is C[Si](C)(C)CCOCn1c(C#N)cc2c(=O)n(CC3(O)CCN(C(=O)[C@@H]4CCN(C(=O)O)C[C@H]4c4ccccc4)CC3)cnc21. The minimum Gasteiger partial charge on any atom is -0.465 e. The van der Waals surface area contributed by atoms with E-state index in [1.54, 1.807) is 9.47 Å². The third-order valence-electron chi connectivity index (χ3n) is 9.11. The van der Waals surface area contributed by atoms with E-state index in [2.05, 4.69) is 30.7 Å². The highest BCUT2D eigenvalue weighted by molar-refractivity contribution is 6.76. The fourth-order valence-electron chi connectivity index (χ4n) is 6.35. The Balaban J connectivity index is 1.25. The van der Waals surface area contributed by atoms with Crippen molar-refractivity contribution >= 4 is 31.1 Å². The number of nitriles is 1. The first kappa shape index (κ1) is 32.4. The largest absolute Gasteiger partial charge is 0.465 e. The third kappa shape index (κ3) is 7.29. The zero-order valence-electron chi connectivity index (χ0n) is 26.2. The van der Waals surface area contributed by atoms with Crippen molar-refractivity contribution in [3.05, 3.63) is 64.3 Å². The zero-order chi connectivity index (χ0) is 32.4. The molecule has 2 N–H and O–H groups in total. The molecular formula is C32H42N6O6Si. The number of nitrogens with zero attached hydrogens (tertiary/aromatic N) is 6. The van der Waals surface area contributed by atoms with Crippen molar-refractivity contribution in [2.45, 2.75) is 69.7 Å². The van der Waals surface area contributed by atoms with Gasteiger partial charge in [0.1, 0.15) is 30.5 Å². The molecule has 45 heavy (non-hydrogen) atoms. The normalized spacial score (nSPS) is 20.2. The van der Waals surface area contributed by atoms with Crippen LogP contribution < -0.4 is 5.56 Å². The number of rotatable bonds is 9. The van der Waals surface area contributed by atoms with E-state index in [4.69, 9.17) is 4.74 Å². The summed E-state index contributed by atoms with van der Waals surface area (Å²) in [6.45, 7) is 8.69. The molecule has 13 heteroatoms. The molecule has 0 spiro atoms. The van der Waals surface area contributed by atoms with Crippen LogP contribution in [-0.4, -0.2) is 92.6 Å². The minimum atomic E-state index is -1.28. The molecule has 0 saturated carbocycles. The van der Waals surface area contributed by atoms with Gasteiger partial charge in [-0.1, -0.05) is 50.0 Å². The van der Waals surface area contributed by atoms with E-state index in [9.17, 15) is 29.9 Å². The molecule has 0 aliphatic carbocycles. The monoisotopic (exact) mass is 634 g/mol. The number of ether oxygens (including phenoxy) is 1. The van der Waals surface area contributed by atoms with Gasteiger partial charge in [0.05, 0.1) is 17.5 Å². The fourth-order valence-corrected chi connectivity index (χ4v) is 7.11. The maximum Gasteiger partial charge on any atom is 0.407 e. The molecule has 2 aliphatic rings. The number of piperidine rings is 2. The van der Waals surface area contributed by atoms with Gasteiger partial charge in [-0.15, -0.1) is 0 Å². The minimum absolute atomic E-state index is 0.0141. The lowest BCUT2D eigenvalue weighted by Crippen LogP contribution is -2.53. The highest BCUT2D eigenvalue weighted by Crippen LogP contribution is 2.35. The van der Waals surface area contributed by atoms with E-state index >= 15 is 0 Å². The predicted octanol–water partition coefficient (Wildman–Crippen LogP) is 3.52. The molecule has 2 amide bonds. The summed E-state index contributed by atoms with van der Waals surface area (Å²) in [5.74, 6) is -0.646. The molecule has 240 valence electrons. The number of carbonyl (C=O) groups excluding carboxylic acids is 1. The van der Waals surface area contributed by atoms with Gasteiger partial charge in [-0.3, -0.25) is 18.7 Å². The van der Waals surface area contributed by atoms with Crippen molar-refractivity contribution in [2.24, 2.45) is 5.92 Å². The lowest BCUT2D eigenvalue weighted by atomic mass is 9.79. The highest BCUT2D eigenvalue weighted by Gasteiger charge is 2.41. The van der Waals surface area contributed by atoms with Crippen LogP contribution in [-0.2, 0) is 22.8 Å². The van der Waals surface area contributed by atoms with E-state index in [1.807, 2.05) is 30.3 Å². The molecule has 0 unspecified atom stereocenters. The van der Waals surface area contributed by atoms with Gasteiger partial charge in [-0.2, -0.15) is 5.26 Å². The molecule has 0 bridgehead atoms. The number of likely N-dealkylation sites (tertiary alicyclic amines) is 2. The first-order chi connectivity index (χ1) is 21.4. The van der Waals surface area contributed by atoms with Crippen LogP contribution in [0, 0.1) is 17.2 Å². The summed E-state index contributed by atoms with van der Waals surface area (Å²) >= 11 is 0. The van der Waals surface area contributed by atoms with Gasteiger partial charge in [0, 0.05) is 52.7 Å². The Kier molecular flexibility index (Phi) is 9.48. The molecule has 12 nitrogen and oxygen atoms in total. The number of amides is 2. The number of fused-ring (bicyclic) bond motifs is 1. The molecule has 2 aliphatic heterocycles. The Morgan fingerprint density at radius 1 is 1.13 bits per heavy atom. The van der Waals surface area contributed by atoms with E-state index in [0.29, 0.717) is 43.7 Å². The molecule has 2 atom stereocenters. The standard InChI is InChI=1S/C32H42N6O6Si/c1-45(2,3)16-15-44-22-38-24(18-33)17-26-28(38)34-21-37(30(26)40)20-32(43)10-13-35(14-11-32)29(39)25-9-12-36(31(41)42)19-27(25)23-7-5-4-6-8-23/h4-8,17,21,25,27,43H,9-16,19-20,22H2,1-3H3,(H,41,42)/t25-,27+/m1/s1. The third-order valence-corrected chi connectivity index (χ3v) is 10.8. The molecule has 3 aromatic rings. The van der Waals surface area contributed by atoms with Crippen LogP contribution in [0.5, 0.6) is 0 Å². The second-order valence-electron chi connectivity index (χ2n) is 13.5. The van der Waals surface area contributed by atoms with Gasteiger partial charge in [0.25, 0.3) is 5.56 Å². The summed E-state index contributed by atoms with van der Waals surface area (Å²) in [6, 6.07) is 14.2. The Hall–Kier alpha value is -3.99. The quantitative estimate of drug-likeness (QED) is 0.268. The summed E-state index contributed by atoms with van der Waals surface area (Å²) < 4.78 is 8.81. The molecule has 2 aromatic heterocycles. The number of hydrogen-bond donors (Lipinski definition) is 2. The van der Waals surface area contributed by atoms with Crippen LogP contribution in [0.3, 0.4) is 0 Å². The zero-order valence-corrected chi connectivity index (χ0v) is 27.2. The average molecular weight is 635 g/mol. The Labute approximate surface area is 263 Å². The highest BCUT2D eigenvalue weighted by atomic mass is 28.3. The molecule has 2 fully saturated rings. The number of hydrogen-bond acceptors (Lipinski definition) is 7. The number of benzene rings is 1. The summed E-state index contributed by atoms with van der Waals surface area (Å²) in [6.07, 6.45) is 1.41. The molecular weight excluding hydrogens is 592 g/mol. The maximum absolute atomic E-state index is 13.8. The summed E-state index contributed by atoms with van der Waals surface area (Å²) in [4.78, 5) is 46.5. The van der Waals surface area contributed by atoms with Gasteiger partial charge in [-0.25, -0.2) is 9.78 Å². The van der Waals surface area contributed by atoms with Crippen LogP contribution in [0.4, 0.5) is 4.79 Å². The van der Waals surface area contributed by atoms with Crippen molar-refractivity contribution < 1.29 is 24.5 Å². The van der Waals surface area contributed by atoms with Crippen molar-refractivity contribution in [1.29, 1.82) is 5.26 Å². The lowest BCUT2D eigenvalue weighted by Gasteiger charge is -2.42. The van der Waals surface area contributed by atoms with Crippen molar-refractivity contribution in [1.82, 2.24) is 23.9 Å². The van der Waals surface area contributed by atoms with Crippen molar-refractivity contribution in [3.63, 3.8) is 0 Å². The van der Waals surface area contributed by atoms with Crippen LogP contribution in [0.25, 0.3) is 11.0 Å². The van der Waals surface area contributed by atoms with Gasteiger partial charge in [0.2, 0.25) is 5.91 Å². The molecule has 5 rings (SSSR count). The van der Waals surface area contributed by atoms with Crippen LogP contribution in [0.1, 0.15) is 36.4 Å². The Morgan fingerprint density at radius 3 is 2.49 bits per heavy atom.